The summed E-state index contributed by atoms with van der Waals surface area (Å²) >= 11 is 1.71. The van der Waals surface area contributed by atoms with E-state index in [1.165, 1.54) is 5.56 Å². The summed E-state index contributed by atoms with van der Waals surface area (Å²) in [7, 11) is 5.60. The molecule has 0 saturated heterocycles. The van der Waals surface area contributed by atoms with E-state index >= 15 is 0 Å². The minimum Gasteiger partial charge on any atom is -0.348 e. The lowest BCUT2D eigenvalue weighted by Gasteiger charge is -2.33. The number of rotatable bonds is 3. The zero-order chi connectivity index (χ0) is 15.0. The zero-order valence-electron chi connectivity index (χ0n) is 12.6. The van der Waals surface area contributed by atoms with Gasteiger partial charge in [-0.15, -0.1) is 0 Å². The van der Waals surface area contributed by atoms with E-state index in [1.54, 1.807) is 16.2 Å². The Hall–Kier alpha value is -1.66. The molecule has 0 aromatic carbocycles. The molecule has 3 rings (SSSR count). The van der Waals surface area contributed by atoms with Crippen molar-refractivity contribution in [2.24, 2.45) is 7.05 Å². The molecule has 0 saturated carbocycles. The van der Waals surface area contributed by atoms with E-state index in [1.807, 2.05) is 32.0 Å². The fourth-order valence-electron chi connectivity index (χ4n) is 2.95. The van der Waals surface area contributed by atoms with Gasteiger partial charge in [0.2, 0.25) is 5.91 Å². The first-order valence-corrected chi connectivity index (χ1v) is 7.95. The molecule has 21 heavy (non-hydrogen) atoms. The number of hydrogen-bond donors (Lipinski definition) is 0. The van der Waals surface area contributed by atoms with Crippen molar-refractivity contribution in [2.75, 3.05) is 20.6 Å². The third-order valence-electron chi connectivity index (χ3n) is 3.93. The first kappa shape index (κ1) is 14.3. The minimum atomic E-state index is -0.130. The lowest BCUT2D eigenvalue weighted by Crippen LogP contribution is -2.41. The number of imidazole rings is 1. The summed E-state index contributed by atoms with van der Waals surface area (Å²) in [6.07, 6.45) is 1.81. The van der Waals surface area contributed by atoms with E-state index < -0.39 is 0 Å². The molecule has 1 aliphatic rings. The average molecular weight is 304 g/mol. The van der Waals surface area contributed by atoms with Crippen molar-refractivity contribution in [2.45, 2.75) is 19.0 Å². The summed E-state index contributed by atoms with van der Waals surface area (Å²) in [5, 5.41) is 4.25. The highest BCUT2D eigenvalue weighted by molar-refractivity contribution is 7.07. The molecule has 1 atom stereocenters. The van der Waals surface area contributed by atoms with E-state index in [-0.39, 0.29) is 11.8 Å². The van der Waals surface area contributed by atoms with Crippen molar-refractivity contribution >= 4 is 17.2 Å². The molecule has 0 N–H and O–H groups in total. The van der Waals surface area contributed by atoms with Gasteiger partial charge < -0.3 is 9.47 Å². The lowest BCUT2D eigenvalue weighted by atomic mass is 9.96. The van der Waals surface area contributed by atoms with Gasteiger partial charge in [0.1, 0.15) is 0 Å². The lowest BCUT2D eigenvalue weighted by molar-refractivity contribution is -0.131. The fraction of sp³-hybridized carbons (Fsp3) is 0.467. The maximum absolute atomic E-state index is 12.5. The van der Waals surface area contributed by atoms with Gasteiger partial charge in [0.05, 0.1) is 23.6 Å². The van der Waals surface area contributed by atoms with Gasteiger partial charge in [0.15, 0.2) is 0 Å². The van der Waals surface area contributed by atoms with Crippen LogP contribution in [0.15, 0.2) is 23.2 Å². The highest BCUT2D eigenvalue weighted by Gasteiger charge is 2.34. The number of hydrogen-bond acceptors (Lipinski definition) is 4. The summed E-state index contributed by atoms with van der Waals surface area (Å²) < 4.78 is 1.99. The number of thiophene rings is 1. The van der Waals surface area contributed by atoms with Crippen molar-refractivity contribution in [1.82, 2.24) is 19.4 Å². The second-order valence-corrected chi connectivity index (χ2v) is 6.55. The smallest absolute Gasteiger partial charge is 0.232 e. The minimum absolute atomic E-state index is 0.130. The van der Waals surface area contributed by atoms with Crippen LogP contribution in [0.2, 0.25) is 0 Å². The molecule has 0 bridgehead atoms. The Morgan fingerprint density at radius 3 is 3.00 bits per heavy atom. The summed E-state index contributed by atoms with van der Waals surface area (Å²) in [5.41, 5.74) is 3.39. The van der Waals surface area contributed by atoms with Crippen molar-refractivity contribution in [3.8, 4) is 0 Å². The summed E-state index contributed by atoms with van der Waals surface area (Å²) in [5.74, 6) is 0.0183. The van der Waals surface area contributed by atoms with Crippen molar-refractivity contribution < 1.29 is 4.79 Å². The number of amides is 1. The van der Waals surface area contributed by atoms with Gasteiger partial charge in [0, 0.05) is 40.8 Å². The number of fused-ring (bicyclic) bond motifs is 1. The molecule has 3 heterocycles. The Balaban J connectivity index is 1.88. The van der Waals surface area contributed by atoms with Gasteiger partial charge in [-0.1, -0.05) is 0 Å². The van der Waals surface area contributed by atoms with Crippen LogP contribution >= 0.6 is 11.3 Å². The van der Waals surface area contributed by atoms with E-state index in [0.29, 0.717) is 0 Å². The van der Waals surface area contributed by atoms with E-state index in [0.717, 1.165) is 31.0 Å². The Kier molecular flexibility index (Phi) is 3.82. The molecule has 6 heteroatoms. The molecule has 0 spiro atoms. The predicted octanol–water partition coefficient (Wildman–Crippen LogP) is 1.67. The Morgan fingerprint density at radius 1 is 1.52 bits per heavy atom. The standard InChI is InChI=1S/C15H20N4OS/c1-17(2)15(20)12-7-19(6-11-4-5-21-9-11)8-13-14(12)18(3)10-16-13/h4-5,9-10,12H,6-8H2,1-3H3/t12-/m0/s1. The molecule has 1 aliphatic heterocycles. The number of carbonyl (C=O) groups is 1. The highest BCUT2D eigenvalue weighted by Crippen LogP contribution is 2.29. The van der Waals surface area contributed by atoms with Crippen molar-refractivity contribution in [3.05, 3.63) is 40.1 Å². The van der Waals surface area contributed by atoms with Crippen molar-refractivity contribution in [3.63, 3.8) is 0 Å². The van der Waals surface area contributed by atoms with Crippen LogP contribution in [0.4, 0.5) is 0 Å². The van der Waals surface area contributed by atoms with E-state index in [2.05, 4.69) is 26.7 Å². The number of likely N-dealkylation sites (N-methyl/N-ethyl adjacent to an activating group) is 1. The Bertz CT molecular complexity index is 632. The van der Waals surface area contributed by atoms with Gasteiger partial charge in [0.25, 0.3) is 0 Å². The molecule has 0 aliphatic carbocycles. The quantitative estimate of drug-likeness (QED) is 0.866. The second kappa shape index (κ2) is 5.61. The van der Waals surface area contributed by atoms with Crippen LogP contribution in [0.3, 0.4) is 0 Å². The molecule has 1 amide bonds. The van der Waals surface area contributed by atoms with Crippen LogP contribution in [-0.4, -0.2) is 45.9 Å². The van der Waals surface area contributed by atoms with Gasteiger partial charge in [-0.3, -0.25) is 9.69 Å². The largest absolute Gasteiger partial charge is 0.348 e. The zero-order valence-corrected chi connectivity index (χ0v) is 13.4. The second-order valence-electron chi connectivity index (χ2n) is 5.77. The van der Waals surface area contributed by atoms with Crippen LogP contribution in [0.25, 0.3) is 0 Å². The van der Waals surface area contributed by atoms with Crippen LogP contribution in [0.1, 0.15) is 22.9 Å². The predicted molar refractivity (Wildman–Crippen MR) is 83.1 cm³/mol. The maximum Gasteiger partial charge on any atom is 0.232 e. The fourth-order valence-corrected chi connectivity index (χ4v) is 3.61. The van der Waals surface area contributed by atoms with Gasteiger partial charge in [-0.25, -0.2) is 4.98 Å². The normalized spacial score (nSPS) is 18.5. The third kappa shape index (κ3) is 2.73. The average Bonchev–Trinajstić information content (AvgIpc) is 3.08. The molecule has 0 radical (unpaired) electrons. The van der Waals surface area contributed by atoms with E-state index in [4.69, 9.17) is 0 Å². The molecule has 0 unspecified atom stereocenters. The maximum atomic E-state index is 12.5. The number of aryl methyl sites for hydroxylation is 1. The monoisotopic (exact) mass is 304 g/mol. The molecule has 0 fully saturated rings. The number of nitrogens with zero attached hydrogens (tertiary/aromatic N) is 4. The molecular weight excluding hydrogens is 284 g/mol. The number of carbonyl (C=O) groups excluding carboxylic acids is 1. The van der Waals surface area contributed by atoms with Gasteiger partial charge in [-0.05, 0) is 22.4 Å². The van der Waals surface area contributed by atoms with Crippen LogP contribution in [0, 0.1) is 0 Å². The summed E-state index contributed by atoms with van der Waals surface area (Å²) in [4.78, 5) is 21.0. The molecule has 5 nitrogen and oxygen atoms in total. The Morgan fingerprint density at radius 2 is 2.33 bits per heavy atom. The first-order valence-electron chi connectivity index (χ1n) is 7.01. The number of aromatic nitrogens is 2. The third-order valence-corrected chi connectivity index (χ3v) is 4.66. The highest BCUT2D eigenvalue weighted by atomic mass is 32.1. The summed E-state index contributed by atoms with van der Waals surface area (Å²) in [6, 6.07) is 2.14. The van der Waals surface area contributed by atoms with Crippen LogP contribution in [0.5, 0.6) is 0 Å². The molecule has 2 aromatic rings. The van der Waals surface area contributed by atoms with Gasteiger partial charge in [-0.2, -0.15) is 11.3 Å². The molecular formula is C15H20N4OS. The summed E-state index contributed by atoms with van der Waals surface area (Å²) in [6.45, 7) is 2.43. The Labute approximate surface area is 128 Å². The topological polar surface area (TPSA) is 41.4 Å². The van der Waals surface area contributed by atoms with Crippen LogP contribution in [-0.2, 0) is 24.9 Å². The SMILES string of the molecule is CN(C)C(=O)[C@H]1CN(Cc2ccsc2)Cc2ncn(C)c21. The van der Waals surface area contributed by atoms with Gasteiger partial charge >= 0.3 is 0 Å². The van der Waals surface area contributed by atoms with Crippen molar-refractivity contribution in [1.29, 1.82) is 0 Å². The molecule has 2 aromatic heterocycles. The van der Waals surface area contributed by atoms with E-state index in [9.17, 15) is 4.79 Å². The van der Waals surface area contributed by atoms with Crippen LogP contribution < -0.4 is 0 Å². The molecule has 112 valence electrons. The first-order chi connectivity index (χ1) is 10.1.